The van der Waals surface area contributed by atoms with E-state index in [9.17, 15) is 9.59 Å². The zero-order valence-corrected chi connectivity index (χ0v) is 19.2. The summed E-state index contributed by atoms with van der Waals surface area (Å²) in [6, 6.07) is 13.4. The molecule has 1 N–H and O–H groups in total. The second kappa shape index (κ2) is 9.99. The number of aryl methyl sites for hydroxylation is 1. The van der Waals surface area contributed by atoms with Gasteiger partial charge in [0.1, 0.15) is 30.1 Å². The van der Waals surface area contributed by atoms with Gasteiger partial charge in [-0.1, -0.05) is 39.3 Å². The molecule has 3 rings (SSSR count). The highest BCUT2D eigenvalue weighted by molar-refractivity contribution is 9.10. The van der Waals surface area contributed by atoms with Crippen molar-refractivity contribution in [3.63, 3.8) is 0 Å². The number of nitrogens with zero attached hydrogens (tertiary/aromatic N) is 2. The molecule has 0 aliphatic carbocycles. The van der Waals surface area contributed by atoms with E-state index in [0.717, 1.165) is 21.3 Å². The van der Waals surface area contributed by atoms with Gasteiger partial charge >= 0.3 is 0 Å². The standard InChI is InChI=1S/C21H22BrN3O4S/c1-13-4-9-19(29-11-10-28-17-7-5-16(22)6-8-17)18(12-13)20-25(15(3)27)24-21(30-20)23-14(2)26/h4-9,12,20H,10-11H2,1-3H3,(H,23,24,26)/t20-/m0/s1. The molecule has 2 aromatic rings. The van der Waals surface area contributed by atoms with Crippen molar-refractivity contribution in [2.75, 3.05) is 13.2 Å². The molecular weight excluding hydrogens is 470 g/mol. The Hall–Kier alpha value is -2.52. The predicted octanol–water partition coefficient (Wildman–Crippen LogP) is 4.22. The molecule has 7 nitrogen and oxygen atoms in total. The third-order valence-electron chi connectivity index (χ3n) is 4.10. The van der Waals surface area contributed by atoms with Crippen LogP contribution in [0.25, 0.3) is 0 Å². The molecule has 0 bridgehead atoms. The van der Waals surface area contributed by atoms with Crippen LogP contribution in [0.4, 0.5) is 0 Å². The third kappa shape index (κ3) is 5.76. The second-order valence-corrected chi connectivity index (χ2v) is 8.60. The molecule has 158 valence electrons. The van der Waals surface area contributed by atoms with Gasteiger partial charge in [0.2, 0.25) is 11.8 Å². The highest BCUT2D eigenvalue weighted by Crippen LogP contribution is 2.42. The number of amidine groups is 1. The summed E-state index contributed by atoms with van der Waals surface area (Å²) in [5.74, 6) is 0.937. The third-order valence-corrected chi connectivity index (χ3v) is 5.72. The van der Waals surface area contributed by atoms with Gasteiger partial charge < -0.3 is 14.8 Å². The van der Waals surface area contributed by atoms with E-state index in [-0.39, 0.29) is 11.8 Å². The summed E-state index contributed by atoms with van der Waals surface area (Å²) >= 11 is 4.69. The molecule has 2 aromatic carbocycles. The number of nitrogens with one attached hydrogen (secondary N) is 1. The number of hydrogen-bond donors (Lipinski definition) is 1. The van der Waals surface area contributed by atoms with Gasteiger partial charge in [-0.25, -0.2) is 5.01 Å². The van der Waals surface area contributed by atoms with E-state index in [1.165, 1.54) is 30.6 Å². The molecule has 0 aromatic heterocycles. The van der Waals surface area contributed by atoms with Crippen LogP contribution < -0.4 is 14.8 Å². The maximum atomic E-state index is 12.1. The zero-order chi connectivity index (χ0) is 21.7. The van der Waals surface area contributed by atoms with Crippen LogP contribution in [0.3, 0.4) is 0 Å². The Balaban J connectivity index is 1.70. The molecule has 0 spiro atoms. The Morgan fingerprint density at radius 2 is 1.83 bits per heavy atom. The van der Waals surface area contributed by atoms with Gasteiger partial charge in [-0.15, -0.1) is 5.10 Å². The zero-order valence-electron chi connectivity index (χ0n) is 16.8. The fourth-order valence-electron chi connectivity index (χ4n) is 2.80. The van der Waals surface area contributed by atoms with E-state index in [4.69, 9.17) is 9.47 Å². The van der Waals surface area contributed by atoms with Crippen LogP contribution in [0.1, 0.15) is 30.3 Å². The number of thioether (sulfide) groups is 1. The van der Waals surface area contributed by atoms with Gasteiger partial charge in [0.05, 0.1) is 0 Å². The van der Waals surface area contributed by atoms with Crippen molar-refractivity contribution in [3.05, 3.63) is 58.1 Å². The lowest BCUT2D eigenvalue weighted by atomic mass is 10.1. The number of hydrogen-bond acceptors (Lipinski definition) is 6. The normalized spacial score (nSPS) is 15.5. The van der Waals surface area contributed by atoms with Crippen molar-refractivity contribution < 1.29 is 19.1 Å². The molecule has 0 saturated carbocycles. The summed E-state index contributed by atoms with van der Waals surface area (Å²) in [4.78, 5) is 23.5. The number of carbonyl (C=O) groups excluding carboxylic acids is 2. The predicted molar refractivity (Wildman–Crippen MR) is 120 cm³/mol. The Bertz CT molecular complexity index is 965. The van der Waals surface area contributed by atoms with E-state index >= 15 is 0 Å². The molecule has 0 fully saturated rings. The minimum Gasteiger partial charge on any atom is -0.490 e. The summed E-state index contributed by atoms with van der Waals surface area (Å²) in [7, 11) is 0. The topological polar surface area (TPSA) is 80.2 Å². The van der Waals surface area contributed by atoms with E-state index in [1.807, 2.05) is 49.4 Å². The van der Waals surface area contributed by atoms with Crippen molar-refractivity contribution in [3.8, 4) is 11.5 Å². The Morgan fingerprint density at radius 1 is 1.13 bits per heavy atom. The summed E-state index contributed by atoms with van der Waals surface area (Å²) in [5.41, 5.74) is 1.84. The largest absolute Gasteiger partial charge is 0.490 e. The first-order chi connectivity index (χ1) is 14.3. The van der Waals surface area contributed by atoms with Crippen molar-refractivity contribution in [1.29, 1.82) is 0 Å². The number of carbonyl (C=O) groups is 2. The highest BCUT2D eigenvalue weighted by atomic mass is 79.9. The van der Waals surface area contributed by atoms with Gasteiger partial charge in [-0.05, 0) is 43.3 Å². The van der Waals surface area contributed by atoms with E-state index in [1.54, 1.807) is 0 Å². The number of benzene rings is 2. The van der Waals surface area contributed by atoms with Gasteiger partial charge in [0.25, 0.3) is 0 Å². The monoisotopic (exact) mass is 491 g/mol. The molecule has 2 amide bonds. The SMILES string of the molecule is CC(=O)NC1=NN(C(C)=O)[C@H](c2cc(C)ccc2OCCOc2ccc(Br)cc2)S1. The van der Waals surface area contributed by atoms with E-state index in [2.05, 4.69) is 26.3 Å². The van der Waals surface area contributed by atoms with Gasteiger partial charge in [0.15, 0.2) is 5.17 Å². The number of halogens is 1. The average Bonchev–Trinajstić information content (AvgIpc) is 3.10. The lowest BCUT2D eigenvalue weighted by molar-refractivity contribution is -0.129. The van der Waals surface area contributed by atoms with Crippen LogP contribution in [0.5, 0.6) is 11.5 Å². The van der Waals surface area contributed by atoms with E-state index in [0.29, 0.717) is 24.1 Å². The lowest BCUT2D eigenvalue weighted by Gasteiger charge is -2.22. The van der Waals surface area contributed by atoms with Crippen LogP contribution >= 0.6 is 27.7 Å². The molecule has 1 aliphatic heterocycles. The van der Waals surface area contributed by atoms with Crippen LogP contribution in [0.2, 0.25) is 0 Å². The van der Waals surface area contributed by atoms with Crippen molar-refractivity contribution in [2.24, 2.45) is 5.10 Å². The van der Waals surface area contributed by atoms with Crippen molar-refractivity contribution in [2.45, 2.75) is 26.1 Å². The molecule has 1 heterocycles. The number of hydrazone groups is 1. The highest BCUT2D eigenvalue weighted by Gasteiger charge is 2.34. The van der Waals surface area contributed by atoms with Crippen molar-refractivity contribution in [1.82, 2.24) is 10.3 Å². The maximum Gasteiger partial charge on any atom is 0.241 e. The molecule has 30 heavy (non-hydrogen) atoms. The fourth-order valence-corrected chi connectivity index (χ4v) is 4.22. The minimum absolute atomic E-state index is 0.223. The Labute approximate surface area is 187 Å². The van der Waals surface area contributed by atoms with Crippen molar-refractivity contribution >= 4 is 44.7 Å². The lowest BCUT2D eigenvalue weighted by Crippen LogP contribution is -2.25. The first-order valence-corrected chi connectivity index (χ1v) is 10.9. The molecule has 0 radical (unpaired) electrons. The number of amides is 2. The first kappa shape index (κ1) is 22.2. The molecule has 0 saturated heterocycles. The quantitative estimate of drug-likeness (QED) is 0.611. The summed E-state index contributed by atoms with van der Waals surface area (Å²) in [6.45, 7) is 5.52. The number of ether oxygens (including phenoxy) is 2. The molecule has 1 aliphatic rings. The smallest absolute Gasteiger partial charge is 0.241 e. The average molecular weight is 492 g/mol. The van der Waals surface area contributed by atoms with Crippen LogP contribution in [0, 0.1) is 6.92 Å². The maximum absolute atomic E-state index is 12.1. The fraction of sp³-hybridized carbons (Fsp3) is 0.286. The summed E-state index contributed by atoms with van der Waals surface area (Å²) in [5, 5.41) is 8.21. The number of rotatable bonds is 6. The Morgan fingerprint density at radius 3 is 2.50 bits per heavy atom. The van der Waals surface area contributed by atoms with Gasteiger partial charge in [0, 0.05) is 23.9 Å². The Kier molecular flexibility index (Phi) is 7.38. The molecule has 1 atom stereocenters. The van der Waals surface area contributed by atoms with Crippen LogP contribution in [0.15, 0.2) is 52.0 Å². The minimum atomic E-state index is -0.424. The van der Waals surface area contributed by atoms with E-state index < -0.39 is 5.37 Å². The van der Waals surface area contributed by atoms with Gasteiger partial charge in [-0.2, -0.15) is 0 Å². The molecular formula is C21H22BrN3O4S. The first-order valence-electron chi connectivity index (χ1n) is 9.28. The van der Waals surface area contributed by atoms with Gasteiger partial charge in [-0.3, -0.25) is 9.59 Å². The summed E-state index contributed by atoms with van der Waals surface area (Å²) in [6.07, 6.45) is 0. The summed E-state index contributed by atoms with van der Waals surface area (Å²) < 4.78 is 12.7. The van der Waals surface area contributed by atoms with Crippen LogP contribution in [-0.2, 0) is 9.59 Å². The second-order valence-electron chi connectivity index (χ2n) is 6.61. The molecule has 9 heteroatoms. The molecule has 0 unspecified atom stereocenters. The van der Waals surface area contributed by atoms with Crippen LogP contribution in [-0.4, -0.2) is 35.2 Å².